The molecule has 8 heteroatoms. The van der Waals surface area contributed by atoms with Crippen LogP contribution in [0.3, 0.4) is 0 Å². The van der Waals surface area contributed by atoms with Gasteiger partial charge in [-0.3, -0.25) is 10.0 Å². The highest BCUT2D eigenvalue weighted by atomic mass is 32.2. The SMILES string of the molecule is COOC(=O)c1ccc(C(F)(F)F)cc1SN. The Morgan fingerprint density at radius 1 is 1.41 bits per heavy atom. The van der Waals surface area contributed by atoms with E-state index in [1.807, 2.05) is 0 Å². The van der Waals surface area contributed by atoms with Gasteiger partial charge in [0, 0.05) is 4.90 Å². The number of hydrogen-bond acceptors (Lipinski definition) is 5. The molecule has 0 heterocycles. The maximum Gasteiger partial charge on any atom is 0.416 e. The second-order valence-corrected chi connectivity index (χ2v) is 3.54. The van der Waals surface area contributed by atoms with Crippen LogP contribution in [0, 0.1) is 0 Å². The van der Waals surface area contributed by atoms with Gasteiger partial charge in [-0.05, 0) is 30.1 Å². The predicted molar refractivity (Wildman–Crippen MR) is 53.9 cm³/mol. The van der Waals surface area contributed by atoms with E-state index in [1.54, 1.807) is 0 Å². The zero-order valence-electron chi connectivity index (χ0n) is 8.58. The lowest BCUT2D eigenvalue weighted by molar-refractivity contribution is -0.216. The molecule has 0 radical (unpaired) electrons. The maximum absolute atomic E-state index is 12.4. The van der Waals surface area contributed by atoms with Gasteiger partial charge in [0.1, 0.15) is 0 Å². The van der Waals surface area contributed by atoms with Crippen molar-refractivity contribution in [1.29, 1.82) is 0 Å². The van der Waals surface area contributed by atoms with Crippen molar-refractivity contribution in [1.82, 2.24) is 0 Å². The fourth-order valence-electron chi connectivity index (χ4n) is 1.09. The number of hydrogen-bond donors (Lipinski definition) is 1. The number of halogens is 3. The lowest BCUT2D eigenvalue weighted by Crippen LogP contribution is -2.10. The van der Waals surface area contributed by atoms with Gasteiger partial charge in [0.25, 0.3) is 0 Å². The van der Waals surface area contributed by atoms with Crippen LogP contribution in [-0.4, -0.2) is 13.1 Å². The number of carbonyl (C=O) groups excluding carboxylic acids is 1. The molecule has 2 N–H and O–H groups in total. The molecule has 17 heavy (non-hydrogen) atoms. The first kappa shape index (κ1) is 13.8. The minimum Gasteiger partial charge on any atom is -0.293 e. The molecule has 0 fully saturated rings. The van der Waals surface area contributed by atoms with Crippen molar-refractivity contribution in [2.45, 2.75) is 11.1 Å². The molecule has 0 amide bonds. The van der Waals surface area contributed by atoms with Crippen molar-refractivity contribution in [2.75, 3.05) is 7.11 Å². The van der Waals surface area contributed by atoms with Crippen LogP contribution in [0.25, 0.3) is 0 Å². The lowest BCUT2D eigenvalue weighted by Gasteiger charge is -2.10. The van der Waals surface area contributed by atoms with Crippen LogP contribution in [0.2, 0.25) is 0 Å². The first-order valence-electron chi connectivity index (χ1n) is 4.23. The Labute approximate surface area is 98.9 Å². The molecule has 0 aliphatic rings. The zero-order chi connectivity index (χ0) is 13.1. The third-order valence-corrected chi connectivity index (χ3v) is 2.41. The van der Waals surface area contributed by atoms with E-state index in [0.29, 0.717) is 11.9 Å². The van der Waals surface area contributed by atoms with Gasteiger partial charge in [0.2, 0.25) is 0 Å². The molecule has 0 saturated heterocycles. The minimum absolute atomic E-state index is 0.0399. The van der Waals surface area contributed by atoms with Gasteiger partial charge < -0.3 is 0 Å². The maximum atomic E-state index is 12.4. The normalized spacial score (nSPS) is 11.4. The van der Waals surface area contributed by atoms with E-state index >= 15 is 0 Å². The molecule has 1 aromatic rings. The van der Waals surface area contributed by atoms with Crippen LogP contribution in [0.4, 0.5) is 13.2 Å². The van der Waals surface area contributed by atoms with E-state index in [1.165, 1.54) is 0 Å². The van der Waals surface area contributed by atoms with Crippen molar-refractivity contribution >= 4 is 17.9 Å². The molecular weight excluding hydrogens is 259 g/mol. The van der Waals surface area contributed by atoms with Crippen molar-refractivity contribution < 1.29 is 27.7 Å². The van der Waals surface area contributed by atoms with E-state index in [0.717, 1.165) is 25.3 Å². The molecule has 0 bridgehead atoms. The molecule has 0 atom stereocenters. The van der Waals surface area contributed by atoms with E-state index < -0.39 is 17.7 Å². The fourth-order valence-corrected chi connectivity index (χ4v) is 1.56. The Balaban J connectivity index is 3.14. The summed E-state index contributed by atoms with van der Waals surface area (Å²) in [6.45, 7) is 0. The number of nitrogens with two attached hydrogens (primary N) is 1. The average Bonchev–Trinajstić information content (AvgIpc) is 2.27. The monoisotopic (exact) mass is 267 g/mol. The highest BCUT2D eigenvalue weighted by molar-refractivity contribution is 7.97. The summed E-state index contributed by atoms with van der Waals surface area (Å²) in [5.41, 5.74) is -0.980. The quantitative estimate of drug-likeness (QED) is 0.517. The standard InChI is InChI=1S/C9H8F3NO3S/c1-15-16-8(14)6-3-2-5(9(10,11)12)4-7(6)17-13/h2-4H,13H2,1H3. The predicted octanol–water partition coefficient (Wildman–Crippen LogP) is 2.39. The van der Waals surface area contributed by atoms with Crippen LogP contribution in [-0.2, 0) is 16.0 Å². The highest BCUT2D eigenvalue weighted by Gasteiger charge is 2.31. The van der Waals surface area contributed by atoms with Crippen molar-refractivity contribution in [3.63, 3.8) is 0 Å². The van der Waals surface area contributed by atoms with Gasteiger partial charge in [0.15, 0.2) is 0 Å². The van der Waals surface area contributed by atoms with Gasteiger partial charge in [-0.15, -0.1) is 0 Å². The molecule has 0 aliphatic heterocycles. The summed E-state index contributed by atoms with van der Waals surface area (Å²) in [5.74, 6) is -0.908. The summed E-state index contributed by atoms with van der Waals surface area (Å²) >= 11 is 0.523. The Bertz CT molecular complexity index is 422. The fraction of sp³-hybridized carbons (Fsp3) is 0.222. The van der Waals surface area contributed by atoms with Crippen LogP contribution < -0.4 is 5.14 Å². The van der Waals surface area contributed by atoms with Gasteiger partial charge in [-0.2, -0.15) is 18.1 Å². The van der Waals surface area contributed by atoms with Gasteiger partial charge in [-0.1, -0.05) is 0 Å². The molecule has 0 unspecified atom stereocenters. The molecule has 0 spiro atoms. The van der Waals surface area contributed by atoms with Gasteiger partial charge in [0.05, 0.1) is 18.2 Å². The number of alkyl halides is 3. The zero-order valence-corrected chi connectivity index (χ0v) is 9.39. The van der Waals surface area contributed by atoms with E-state index in [-0.39, 0.29) is 10.5 Å². The number of carbonyl (C=O) groups is 1. The van der Waals surface area contributed by atoms with E-state index in [2.05, 4.69) is 9.78 Å². The van der Waals surface area contributed by atoms with Crippen LogP contribution in [0.5, 0.6) is 0 Å². The van der Waals surface area contributed by atoms with Crippen LogP contribution >= 0.6 is 11.9 Å². The Morgan fingerprint density at radius 3 is 2.53 bits per heavy atom. The Kier molecular flexibility index (Phi) is 4.38. The summed E-state index contributed by atoms with van der Waals surface area (Å²) in [4.78, 5) is 19.6. The molecular formula is C9H8F3NO3S. The molecule has 0 aliphatic carbocycles. The third kappa shape index (κ3) is 3.35. The first-order valence-corrected chi connectivity index (χ1v) is 5.11. The molecule has 1 rings (SSSR count). The van der Waals surface area contributed by atoms with Gasteiger partial charge >= 0.3 is 12.1 Å². The number of rotatable bonds is 3. The Morgan fingerprint density at radius 2 is 2.06 bits per heavy atom. The van der Waals surface area contributed by atoms with Crippen molar-refractivity contribution in [3.05, 3.63) is 29.3 Å². The van der Waals surface area contributed by atoms with Crippen molar-refractivity contribution in [3.8, 4) is 0 Å². The smallest absolute Gasteiger partial charge is 0.293 e. The molecule has 0 aromatic heterocycles. The summed E-state index contributed by atoms with van der Waals surface area (Å²) in [6.07, 6.45) is -4.49. The largest absolute Gasteiger partial charge is 0.416 e. The van der Waals surface area contributed by atoms with Crippen LogP contribution in [0.1, 0.15) is 15.9 Å². The first-order chi connectivity index (χ1) is 7.90. The summed E-state index contributed by atoms with van der Waals surface area (Å²) < 4.78 is 37.2. The molecule has 94 valence electrons. The summed E-state index contributed by atoms with van der Waals surface area (Å²) in [7, 11) is 1.11. The lowest BCUT2D eigenvalue weighted by atomic mass is 10.1. The number of benzene rings is 1. The van der Waals surface area contributed by atoms with E-state index in [9.17, 15) is 18.0 Å². The highest BCUT2D eigenvalue weighted by Crippen LogP contribution is 2.32. The molecule has 4 nitrogen and oxygen atoms in total. The average molecular weight is 267 g/mol. The van der Waals surface area contributed by atoms with Crippen LogP contribution in [0.15, 0.2) is 23.1 Å². The minimum atomic E-state index is -4.49. The second-order valence-electron chi connectivity index (χ2n) is 2.86. The van der Waals surface area contributed by atoms with E-state index in [4.69, 9.17) is 5.14 Å². The Hall–Kier alpha value is -1.25. The third-order valence-electron chi connectivity index (χ3n) is 1.81. The summed E-state index contributed by atoms with van der Waals surface area (Å²) in [5, 5.41) is 5.20. The molecule has 0 saturated carbocycles. The van der Waals surface area contributed by atoms with Crippen molar-refractivity contribution in [2.24, 2.45) is 5.14 Å². The van der Waals surface area contributed by atoms with Gasteiger partial charge in [-0.25, -0.2) is 4.79 Å². The summed E-state index contributed by atoms with van der Waals surface area (Å²) in [6, 6.07) is 2.53. The molecule has 1 aromatic carbocycles. The topological polar surface area (TPSA) is 61.5 Å². The second kappa shape index (κ2) is 5.39.